The zero-order chi connectivity index (χ0) is 20.8. The molecule has 30 heavy (non-hydrogen) atoms. The van der Waals surface area contributed by atoms with Crippen LogP contribution >= 0.6 is 11.5 Å². The van der Waals surface area contributed by atoms with Crippen LogP contribution in [0.4, 0.5) is 5.13 Å². The van der Waals surface area contributed by atoms with E-state index in [0.717, 1.165) is 80.8 Å². The van der Waals surface area contributed by atoms with Gasteiger partial charge < -0.3 is 19.9 Å². The summed E-state index contributed by atoms with van der Waals surface area (Å²) >= 11 is 1.49. The van der Waals surface area contributed by atoms with E-state index in [4.69, 9.17) is 9.72 Å². The predicted octanol–water partition coefficient (Wildman–Crippen LogP) is 1.15. The van der Waals surface area contributed by atoms with Gasteiger partial charge in [0.25, 0.3) is 0 Å². The molecule has 1 aliphatic carbocycles. The number of hydrogen-bond donors (Lipinski definition) is 2. The Morgan fingerprint density at radius 1 is 1.30 bits per heavy atom. The van der Waals surface area contributed by atoms with Crippen molar-refractivity contribution in [2.75, 3.05) is 51.3 Å². The van der Waals surface area contributed by atoms with Gasteiger partial charge in [-0.3, -0.25) is 4.79 Å². The van der Waals surface area contributed by atoms with Crippen molar-refractivity contribution >= 4 is 22.6 Å². The number of amides is 1. The van der Waals surface area contributed by atoms with Crippen LogP contribution in [0.15, 0.2) is 24.3 Å². The minimum absolute atomic E-state index is 0.264. The average Bonchev–Trinajstić information content (AvgIpc) is 3.47. The van der Waals surface area contributed by atoms with Gasteiger partial charge in [-0.05, 0) is 30.5 Å². The standard InChI is InChI=1S/C22H31N5O2S/c1-29-19-8-4-5-17(15-19)16-20-24-22(30-25-20)27-13-11-26(12-14-27)10-9-23-21(28)18-6-2-3-7-18/h4-5,8,15,18H,2-3,6-7,9-14,16H2,1H3,(H,23,28)/p+1. The first kappa shape index (κ1) is 21.1. The summed E-state index contributed by atoms with van der Waals surface area (Å²) in [5, 5.41) is 4.16. The maximum absolute atomic E-state index is 12.1. The summed E-state index contributed by atoms with van der Waals surface area (Å²) in [5.41, 5.74) is 1.16. The zero-order valence-electron chi connectivity index (χ0n) is 17.7. The average molecular weight is 431 g/mol. The Kier molecular flexibility index (Phi) is 7.17. The highest BCUT2D eigenvalue weighted by Gasteiger charge is 2.24. The third kappa shape index (κ3) is 5.49. The molecule has 2 aliphatic rings. The number of rotatable bonds is 8. The van der Waals surface area contributed by atoms with Crippen molar-refractivity contribution in [3.63, 3.8) is 0 Å². The highest BCUT2D eigenvalue weighted by Crippen LogP contribution is 2.24. The maximum Gasteiger partial charge on any atom is 0.223 e. The Bertz CT molecular complexity index is 828. The molecule has 1 amide bonds. The molecule has 2 N–H and O–H groups in total. The van der Waals surface area contributed by atoms with Crippen LogP contribution in [0, 0.1) is 5.92 Å². The Morgan fingerprint density at radius 3 is 2.87 bits per heavy atom. The highest BCUT2D eigenvalue weighted by atomic mass is 32.1. The van der Waals surface area contributed by atoms with Gasteiger partial charge in [-0.1, -0.05) is 25.0 Å². The third-order valence-corrected chi connectivity index (χ3v) is 7.01. The van der Waals surface area contributed by atoms with E-state index in [-0.39, 0.29) is 11.8 Å². The van der Waals surface area contributed by atoms with Crippen LogP contribution in [-0.4, -0.2) is 61.6 Å². The number of quaternary nitrogens is 1. The summed E-state index contributed by atoms with van der Waals surface area (Å²) in [6.07, 6.45) is 5.27. The van der Waals surface area contributed by atoms with Crippen molar-refractivity contribution in [3.8, 4) is 5.75 Å². The number of hydrogen-bond acceptors (Lipinski definition) is 6. The molecule has 7 nitrogen and oxygen atoms in total. The fraction of sp³-hybridized carbons (Fsp3) is 0.591. The van der Waals surface area contributed by atoms with Gasteiger partial charge >= 0.3 is 0 Å². The first-order valence-electron chi connectivity index (χ1n) is 11.0. The maximum atomic E-state index is 12.1. The molecular weight excluding hydrogens is 398 g/mol. The summed E-state index contributed by atoms with van der Waals surface area (Å²) in [7, 11) is 1.68. The van der Waals surface area contributed by atoms with Gasteiger partial charge in [0.15, 0.2) is 0 Å². The molecule has 0 bridgehead atoms. The van der Waals surface area contributed by atoms with Gasteiger partial charge in [0.05, 0.1) is 46.4 Å². The molecule has 8 heteroatoms. The summed E-state index contributed by atoms with van der Waals surface area (Å²) in [4.78, 5) is 20.8. The largest absolute Gasteiger partial charge is 0.497 e. The minimum Gasteiger partial charge on any atom is -0.497 e. The second-order valence-electron chi connectivity index (χ2n) is 8.28. The Balaban J connectivity index is 1.20. The molecule has 2 heterocycles. The lowest BCUT2D eigenvalue weighted by molar-refractivity contribution is -0.899. The number of carbonyl (C=O) groups is 1. The van der Waals surface area contributed by atoms with E-state index in [2.05, 4.69) is 20.7 Å². The van der Waals surface area contributed by atoms with Crippen LogP contribution in [0.1, 0.15) is 37.1 Å². The van der Waals surface area contributed by atoms with Crippen LogP contribution < -0.4 is 19.9 Å². The molecular formula is C22H32N5O2S+. The number of methoxy groups -OCH3 is 1. The quantitative estimate of drug-likeness (QED) is 0.657. The Hall–Kier alpha value is -2.19. The predicted molar refractivity (Wildman–Crippen MR) is 118 cm³/mol. The van der Waals surface area contributed by atoms with Crippen LogP contribution in [0.5, 0.6) is 5.75 Å². The summed E-state index contributed by atoms with van der Waals surface area (Å²) in [6, 6.07) is 8.07. The van der Waals surface area contributed by atoms with E-state index in [1.165, 1.54) is 24.4 Å². The number of ether oxygens (including phenoxy) is 1. The molecule has 0 spiro atoms. The lowest BCUT2D eigenvalue weighted by Crippen LogP contribution is -3.15. The molecule has 1 aromatic heterocycles. The first-order chi connectivity index (χ1) is 14.7. The van der Waals surface area contributed by atoms with E-state index in [0.29, 0.717) is 0 Å². The van der Waals surface area contributed by atoms with Crippen molar-refractivity contribution < 1.29 is 14.4 Å². The number of aromatic nitrogens is 2. The topological polar surface area (TPSA) is 71.8 Å². The van der Waals surface area contributed by atoms with E-state index in [1.807, 2.05) is 18.2 Å². The molecule has 162 valence electrons. The van der Waals surface area contributed by atoms with Crippen LogP contribution in [0.25, 0.3) is 0 Å². The molecule has 0 radical (unpaired) electrons. The molecule has 1 aliphatic heterocycles. The first-order valence-corrected chi connectivity index (χ1v) is 11.8. The number of carbonyl (C=O) groups excluding carboxylic acids is 1. The van der Waals surface area contributed by atoms with Gasteiger partial charge in [-0.15, -0.1) is 0 Å². The second-order valence-corrected chi connectivity index (χ2v) is 9.01. The van der Waals surface area contributed by atoms with Gasteiger partial charge in [-0.2, -0.15) is 4.37 Å². The smallest absolute Gasteiger partial charge is 0.223 e. The molecule has 0 atom stereocenters. The fourth-order valence-electron chi connectivity index (χ4n) is 4.37. The summed E-state index contributed by atoms with van der Waals surface area (Å²) in [6.45, 7) is 5.91. The Morgan fingerprint density at radius 2 is 2.10 bits per heavy atom. The number of piperazine rings is 1. The number of anilines is 1. The van der Waals surface area contributed by atoms with Crippen molar-refractivity contribution in [1.29, 1.82) is 0 Å². The molecule has 1 saturated carbocycles. The van der Waals surface area contributed by atoms with Crippen molar-refractivity contribution in [2.24, 2.45) is 5.92 Å². The number of nitrogens with one attached hydrogen (secondary N) is 2. The van der Waals surface area contributed by atoms with Gasteiger partial charge in [0, 0.05) is 23.9 Å². The van der Waals surface area contributed by atoms with Gasteiger partial charge in [-0.25, -0.2) is 4.98 Å². The Labute approximate surface area is 182 Å². The summed E-state index contributed by atoms with van der Waals surface area (Å²) in [5.74, 6) is 2.26. The lowest BCUT2D eigenvalue weighted by atomic mass is 10.1. The van der Waals surface area contributed by atoms with Crippen molar-refractivity contribution in [1.82, 2.24) is 14.7 Å². The summed E-state index contributed by atoms with van der Waals surface area (Å²) < 4.78 is 9.86. The lowest BCUT2D eigenvalue weighted by Gasteiger charge is -2.31. The third-order valence-electron chi connectivity index (χ3n) is 6.20. The monoisotopic (exact) mass is 430 g/mol. The van der Waals surface area contributed by atoms with Crippen molar-refractivity contribution in [2.45, 2.75) is 32.1 Å². The molecule has 2 aromatic rings. The minimum atomic E-state index is 0.264. The van der Waals surface area contributed by atoms with E-state index in [9.17, 15) is 4.79 Å². The van der Waals surface area contributed by atoms with E-state index >= 15 is 0 Å². The van der Waals surface area contributed by atoms with Crippen LogP contribution in [0.3, 0.4) is 0 Å². The van der Waals surface area contributed by atoms with E-state index in [1.54, 1.807) is 12.0 Å². The fourth-order valence-corrected chi connectivity index (χ4v) is 5.11. The van der Waals surface area contributed by atoms with Gasteiger partial charge in [0.2, 0.25) is 11.0 Å². The number of benzene rings is 1. The van der Waals surface area contributed by atoms with Crippen LogP contribution in [-0.2, 0) is 11.2 Å². The second kappa shape index (κ2) is 10.2. The molecule has 2 fully saturated rings. The highest BCUT2D eigenvalue weighted by molar-refractivity contribution is 7.09. The van der Waals surface area contributed by atoms with Gasteiger partial charge in [0.1, 0.15) is 11.6 Å². The molecule has 1 aromatic carbocycles. The molecule has 1 saturated heterocycles. The molecule has 0 unspecified atom stereocenters. The zero-order valence-corrected chi connectivity index (χ0v) is 18.5. The SMILES string of the molecule is COc1cccc(Cc2nsc(N3CC[NH+](CCNC(=O)C4CCCC4)CC3)n2)c1. The van der Waals surface area contributed by atoms with E-state index < -0.39 is 0 Å². The van der Waals surface area contributed by atoms with Crippen molar-refractivity contribution in [3.05, 3.63) is 35.7 Å². The number of nitrogens with zero attached hydrogens (tertiary/aromatic N) is 3. The normalized spacial score (nSPS) is 18.0. The van der Waals surface area contributed by atoms with Crippen LogP contribution in [0.2, 0.25) is 0 Å². The molecule has 4 rings (SSSR count).